The predicted octanol–water partition coefficient (Wildman–Crippen LogP) is 8.54. The van der Waals surface area contributed by atoms with Crippen molar-refractivity contribution in [1.82, 2.24) is 5.16 Å². The molecule has 2 aliphatic carbocycles. The van der Waals surface area contributed by atoms with Gasteiger partial charge in [0.15, 0.2) is 0 Å². The second-order valence-corrected chi connectivity index (χ2v) is 12.5. The molecule has 1 N–H and O–H groups in total. The second-order valence-electron chi connectivity index (χ2n) is 11.3. The highest BCUT2D eigenvalue weighted by molar-refractivity contribution is 6.39. The number of aliphatic hydroxyl groups is 1. The quantitative estimate of drug-likeness (QED) is 0.152. The zero-order valence-electron chi connectivity index (χ0n) is 23.5. The summed E-state index contributed by atoms with van der Waals surface area (Å²) in [6.45, 7) is 3.15. The van der Waals surface area contributed by atoms with E-state index in [2.05, 4.69) is 5.16 Å². The molecule has 3 aromatic carbocycles. The van der Waals surface area contributed by atoms with Gasteiger partial charge in [-0.15, -0.1) is 0 Å². The van der Waals surface area contributed by atoms with Crippen LogP contribution in [0.15, 0.2) is 59.1 Å². The molecule has 0 atom stereocenters. The minimum absolute atomic E-state index is 0.00552. The van der Waals surface area contributed by atoms with Crippen LogP contribution in [0.3, 0.4) is 0 Å². The summed E-state index contributed by atoms with van der Waals surface area (Å²) in [6, 6.07) is 16.0. The number of carbonyl (C=O) groups is 2. The van der Waals surface area contributed by atoms with Crippen LogP contribution in [0.1, 0.15) is 82.8 Å². The number of aromatic nitrogens is 1. The molecule has 1 aromatic heterocycles. The minimum Gasteiger partial charge on any atom is -0.489 e. The third kappa shape index (κ3) is 5.92. The third-order valence-electron chi connectivity index (χ3n) is 8.15. The molecule has 0 saturated heterocycles. The Labute approximate surface area is 263 Å². The van der Waals surface area contributed by atoms with Crippen molar-refractivity contribution in [2.24, 2.45) is 0 Å². The Morgan fingerprint density at radius 2 is 1.72 bits per heavy atom. The maximum absolute atomic E-state index is 12.3. The number of rotatable bonds is 8. The second kappa shape index (κ2) is 11.6. The molecule has 0 unspecified atom stereocenters. The molecule has 43 heavy (non-hydrogen) atoms. The van der Waals surface area contributed by atoms with Crippen molar-refractivity contribution in [3.05, 3.63) is 103 Å². The van der Waals surface area contributed by atoms with Crippen LogP contribution < -0.4 is 4.74 Å². The van der Waals surface area contributed by atoms with Gasteiger partial charge in [0.25, 0.3) is 0 Å². The van der Waals surface area contributed by atoms with Crippen LogP contribution in [-0.4, -0.2) is 22.2 Å². The van der Waals surface area contributed by atoms with Crippen molar-refractivity contribution >= 4 is 46.7 Å². The van der Waals surface area contributed by atoms with Gasteiger partial charge in [-0.05, 0) is 80.0 Å². The largest absolute Gasteiger partial charge is 0.489 e. The van der Waals surface area contributed by atoms with Crippen molar-refractivity contribution in [1.29, 1.82) is 0 Å². The normalized spacial score (nSPS) is 19.5. The Balaban J connectivity index is 1.17. The molecule has 0 bridgehead atoms. The molecular formula is C33H28Cl3NO6. The highest BCUT2D eigenvalue weighted by atomic mass is 35.5. The van der Waals surface area contributed by atoms with Gasteiger partial charge >= 0.3 is 11.9 Å². The summed E-state index contributed by atoms with van der Waals surface area (Å²) in [7, 11) is 0. The molecule has 0 spiro atoms. The number of aryl methyl sites for hydroxylation is 1. The first-order valence-electron chi connectivity index (χ1n) is 14.0. The first-order valence-corrected chi connectivity index (χ1v) is 15.1. The van der Waals surface area contributed by atoms with Gasteiger partial charge in [0.05, 0.1) is 31.8 Å². The number of halogens is 3. The van der Waals surface area contributed by atoms with Crippen LogP contribution in [0, 0.1) is 6.92 Å². The first-order chi connectivity index (χ1) is 20.5. The van der Waals surface area contributed by atoms with Crippen molar-refractivity contribution in [3.8, 4) is 17.0 Å². The Kier molecular flexibility index (Phi) is 8.03. The van der Waals surface area contributed by atoms with Gasteiger partial charge in [-0.25, -0.2) is 4.79 Å². The number of nitrogens with zero attached hydrogens (tertiary/aromatic N) is 1. The van der Waals surface area contributed by atoms with Crippen molar-refractivity contribution in [2.45, 2.75) is 63.6 Å². The lowest BCUT2D eigenvalue weighted by molar-refractivity contribution is -0.135. The van der Waals surface area contributed by atoms with Crippen LogP contribution in [0.5, 0.6) is 5.75 Å². The maximum atomic E-state index is 12.3. The lowest BCUT2D eigenvalue weighted by Crippen LogP contribution is -2.40. The van der Waals surface area contributed by atoms with E-state index < -0.39 is 17.5 Å². The van der Waals surface area contributed by atoms with E-state index in [1.54, 1.807) is 49.4 Å². The number of hydrogen-bond donors (Lipinski definition) is 1. The molecule has 0 aliphatic heterocycles. The Morgan fingerprint density at radius 1 is 1.00 bits per heavy atom. The lowest BCUT2D eigenvalue weighted by atomic mass is 9.64. The number of esters is 2. The van der Waals surface area contributed by atoms with E-state index in [4.69, 9.17) is 48.8 Å². The van der Waals surface area contributed by atoms with Gasteiger partial charge < -0.3 is 19.1 Å². The SMILES string of the molecule is CC(=O)OC(=O)c1cc(C2CC(O)(c3ccc(OCc4c(-c5c(Cl)cccc5Cl)noc4C4CC4)cc3Cl)C2)ccc1C. The first kappa shape index (κ1) is 29.7. The third-order valence-corrected chi connectivity index (χ3v) is 9.09. The fourth-order valence-electron chi connectivity index (χ4n) is 5.68. The standard InChI is InChI=1S/C33H28Cl3NO6/c1-17-6-7-20(12-23(17)32(39)42-18(2)38)21-14-33(40,15-21)25-11-10-22(13-28(25)36)41-16-24-30(37-43-31(24)19-8-9-19)29-26(34)4-3-5-27(29)35/h3-7,10-13,19,21,40H,8-9,14-16H2,1-2H3. The molecule has 7 nitrogen and oxygen atoms in total. The minimum atomic E-state index is -1.13. The Hall–Kier alpha value is -3.36. The number of hydrogen-bond acceptors (Lipinski definition) is 7. The maximum Gasteiger partial charge on any atom is 0.346 e. The van der Waals surface area contributed by atoms with Crippen molar-refractivity contribution < 1.29 is 28.7 Å². The van der Waals surface area contributed by atoms with Crippen molar-refractivity contribution in [2.75, 3.05) is 0 Å². The van der Waals surface area contributed by atoms with E-state index in [0.717, 1.165) is 29.7 Å². The summed E-state index contributed by atoms with van der Waals surface area (Å²) in [5, 5.41) is 17.1. The summed E-state index contributed by atoms with van der Waals surface area (Å²) in [5.41, 5.74) is 3.36. The number of ether oxygens (including phenoxy) is 2. The van der Waals surface area contributed by atoms with E-state index in [9.17, 15) is 14.7 Å². The smallest absolute Gasteiger partial charge is 0.346 e. The molecular weight excluding hydrogens is 613 g/mol. The molecule has 2 aliphatic rings. The van der Waals surface area contributed by atoms with Gasteiger partial charge in [0.2, 0.25) is 0 Å². The van der Waals surface area contributed by atoms with Gasteiger partial charge in [-0.1, -0.05) is 64.2 Å². The number of carbonyl (C=O) groups excluding carboxylic acids is 2. The molecule has 1 heterocycles. The zero-order chi connectivity index (χ0) is 30.5. The fourth-order valence-corrected chi connectivity index (χ4v) is 6.60. The molecule has 6 rings (SSSR count). The molecule has 222 valence electrons. The molecule has 0 radical (unpaired) electrons. The highest BCUT2D eigenvalue weighted by Gasteiger charge is 2.46. The van der Waals surface area contributed by atoms with E-state index in [-0.39, 0.29) is 18.4 Å². The molecule has 2 saturated carbocycles. The highest BCUT2D eigenvalue weighted by Crippen LogP contribution is 2.53. The van der Waals surface area contributed by atoms with Gasteiger partial charge in [0.1, 0.15) is 23.8 Å². The van der Waals surface area contributed by atoms with Gasteiger partial charge in [-0.3, -0.25) is 4.79 Å². The van der Waals surface area contributed by atoms with E-state index in [1.165, 1.54) is 6.92 Å². The summed E-state index contributed by atoms with van der Waals surface area (Å²) < 4.78 is 16.6. The molecule has 2 fully saturated rings. The van der Waals surface area contributed by atoms with Crippen LogP contribution >= 0.6 is 34.8 Å². The van der Waals surface area contributed by atoms with Crippen LogP contribution in [0.4, 0.5) is 0 Å². The van der Waals surface area contributed by atoms with Crippen LogP contribution in [0.2, 0.25) is 15.1 Å². The topological polar surface area (TPSA) is 98.9 Å². The van der Waals surface area contributed by atoms with E-state index in [1.807, 2.05) is 12.1 Å². The predicted molar refractivity (Wildman–Crippen MR) is 163 cm³/mol. The summed E-state index contributed by atoms with van der Waals surface area (Å²) in [5.74, 6) is 0.253. The molecule has 4 aromatic rings. The Bertz CT molecular complexity index is 1720. The van der Waals surface area contributed by atoms with Gasteiger partial charge in [-0.2, -0.15) is 0 Å². The average Bonchev–Trinajstić information content (AvgIpc) is 3.70. The number of benzene rings is 3. The van der Waals surface area contributed by atoms with Crippen LogP contribution in [0.25, 0.3) is 11.3 Å². The monoisotopic (exact) mass is 639 g/mol. The summed E-state index contributed by atoms with van der Waals surface area (Å²) in [4.78, 5) is 23.6. The average molecular weight is 641 g/mol. The summed E-state index contributed by atoms with van der Waals surface area (Å²) >= 11 is 19.6. The van der Waals surface area contributed by atoms with Gasteiger partial charge in [0, 0.05) is 24.0 Å². The fraction of sp³-hybridized carbons (Fsp3) is 0.303. The molecule has 0 amide bonds. The zero-order valence-corrected chi connectivity index (χ0v) is 25.7. The van der Waals surface area contributed by atoms with Crippen LogP contribution in [-0.2, 0) is 21.7 Å². The van der Waals surface area contributed by atoms with E-state index >= 15 is 0 Å². The lowest BCUT2D eigenvalue weighted by Gasteiger charge is -2.45. The Morgan fingerprint density at radius 3 is 2.37 bits per heavy atom. The van der Waals surface area contributed by atoms with E-state index in [0.29, 0.717) is 61.6 Å². The summed E-state index contributed by atoms with van der Waals surface area (Å²) in [6.07, 6.45) is 2.88. The molecule has 10 heteroatoms. The van der Waals surface area contributed by atoms with Crippen molar-refractivity contribution in [3.63, 3.8) is 0 Å².